The molecule has 1 fully saturated rings. The van der Waals surface area contributed by atoms with Gasteiger partial charge in [-0.3, -0.25) is 4.57 Å². The standard InChI is InChI=1S/C10H10BrN3O2S2/c11-6-3-8-9(12-4-6)14(10(17)13-8)7-1-2-18(15,16)5-7/h3-4,7H,1-2,5H2,(H,13,17). The van der Waals surface area contributed by atoms with E-state index in [0.717, 1.165) is 9.99 Å². The highest BCUT2D eigenvalue weighted by Gasteiger charge is 2.30. The molecule has 0 saturated carbocycles. The van der Waals surface area contributed by atoms with Crippen LogP contribution in [0.3, 0.4) is 0 Å². The van der Waals surface area contributed by atoms with Crippen molar-refractivity contribution >= 4 is 49.1 Å². The molecule has 96 valence electrons. The van der Waals surface area contributed by atoms with E-state index in [1.807, 2.05) is 10.6 Å². The maximum absolute atomic E-state index is 11.6. The number of nitrogens with one attached hydrogen (secondary N) is 1. The molecule has 0 bridgehead atoms. The smallest absolute Gasteiger partial charge is 0.179 e. The predicted molar refractivity (Wildman–Crippen MR) is 74.9 cm³/mol. The van der Waals surface area contributed by atoms with E-state index in [9.17, 15) is 8.42 Å². The van der Waals surface area contributed by atoms with E-state index in [1.165, 1.54) is 0 Å². The summed E-state index contributed by atoms with van der Waals surface area (Å²) in [5.41, 5.74) is 1.53. The number of aromatic amines is 1. The first-order valence-corrected chi connectivity index (χ1v) is 8.45. The highest BCUT2D eigenvalue weighted by atomic mass is 79.9. The lowest BCUT2D eigenvalue weighted by Crippen LogP contribution is -2.11. The Balaban J connectivity index is 2.18. The summed E-state index contributed by atoms with van der Waals surface area (Å²) >= 11 is 8.61. The van der Waals surface area contributed by atoms with Crippen LogP contribution < -0.4 is 0 Å². The van der Waals surface area contributed by atoms with Gasteiger partial charge in [0.05, 0.1) is 23.1 Å². The fourth-order valence-corrected chi connectivity index (χ4v) is 4.68. The van der Waals surface area contributed by atoms with E-state index in [2.05, 4.69) is 25.9 Å². The second-order valence-electron chi connectivity index (χ2n) is 4.38. The fraction of sp³-hybridized carbons (Fsp3) is 0.400. The minimum Gasteiger partial charge on any atom is -0.329 e. The zero-order valence-corrected chi connectivity index (χ0v) is 12.5. The molecule has 18 heavy (non-hydrogen) atoms. The molecule has 3 rings (SSSR count). The van der Waals surface area contributed by atoms with E-state index >= 15 is 0 Å². The quantitative estimate of drug-likeness (QED) is 0.803. The van der Waals surface area contributed by atoms with Crippen LogP contribution in [0.1, 0.15) is 12.5 Å². The van der Waals surface area contributed by atoms with Crippen molar-refractivity contribution in [3.8, 4) is 0 Å². The van der Waals surface area contributed by atoms with Gasteiger partial charge < -0.3 is 4.98 Å². The van der Waals surface area contributed by atoms with E-state index in [0.29, 0.717) is 16.8 Å². The Kier molecular flexibility index (Phi) is 2.83. The molecule has 0 aromatic carbocycles. The van der Waals surface area contributed by atoms with Gasteiger partial charge in [-0.25, -0.2) is 13.4 Å². The first kappa shape index (κ1) is 12.3. The minimum atomic E-state index is -2.93. The van der Waals surface area contributed by atoms with Crippen molar-refractivity contribution in [1.82, 2.24) is 14.5 Å². The van der Waals surface area contributed by atoms with Crippen molar-refractivity contribution in [2.45, 2.75) is 12.5 Å². The van der Waals surface area contributed by atoms with Crippen molar-refractivity contribution in [1.29, 1.82) is 0 Å². The largest absolute Gasteiger partial charge is 0.329 e. The number of nitrogens with zero attached hydrogens (tertiary/aromatic N) is 2. The summed E-state index contributed by atoms with van der Waals surface area (Å²) in [4.78, 5) is 7.38. The molecule has 0 amide bonds. The van der Waals surface area contributed by atoms with Gasteiger partial charge in [0.15, 0.2) is 20.3 Å². The molecular formula is C10H10BrN3O2S2. The third kappa shape index (κ3) is 2.02. The SMILES string of the molecule is O=S1(=O)CCC(n2c(=S)[nH]c3cc(Br)cnc32)C1. The van der Waals surface area contributed by atoms with E-state index in [4.69, 9.17) is 12.2 Å². The Labute approximate surface area is 117 Å². The number of fused-ring (bicyclic) bond motifs is 1. The van der Waals surface area contributed by atoms with Crippen LogP contribution in [0.2, 0.25) is 0 Å². The molecule has 1 N–H and O–H groups in total. The summed E-state index contributed by atoms with van der Waals surface area (Å²) in [5, 5.41) is 0. The molecule has 0 radical (unpaired) electrons. The van der Waals surface area contributed by atoms with Crippen LogP contribution in [-0.4, -0.2) is 34.5 Å². The lowest BCUT2D eigenvalue weighted by molar-refractivity contribution is 0.560. The molecule has 5 nitrogen and oxygen atoms in total. The van der Waals surface area contributed by atoms with Crippen LogP contribution in [0.5, 0.6) is 0 Å². The number of aromatic nitrogens is 3. The summed E-state index contributed by atoms with van der Waals surface area (Å²) in [7, 11) is -2.93. The van der Waals surface area contributed by atoms with Gasteiger partial charge in [-0.2, -0.15) is 0 Å². The average Bonchev–Trinajstić information content (AvgIpc) is 2.77. The molecule has 3 heterocycles. The van der Waals surface area contributed by atoms with Gasteiger partial charge in [-0.15, -0.1) is 0 Å². The fourth-order valence-electron chi connectivity index (χ4n) is 2.31. The molecule has 0 spiro atoms. The number of halogens is 1. The Morgan fingerprint density at radius 2 is 2.33 bits per heavy atom. The minimum absolute atomic E-state index is 0.107. The number of pyridine rings is 1. The van der Waals surface area contributed by atoms with Crippen molar-refractivity contribution < 1.29 is 8.42 Å². The van der Waals surface area contributed by atoms with Crippen LogP contribution in [0.4, 0.5) is 0 Å². The third-order valence-corrected chi connectivity index (χ3v) is 5.58. The normalized spacial score (nSPS) is 22.6. The van der Waals surface area contributed by atoms with Crippen LogP contribution >= 0.6 is 28.1 Å². The molecule has 1 unspecified atom stereocenters. The van der Waals surface area contributed by atoms with E-state index < -0.39 is 9.84 Å². The van der Waals surface area contributed by atoms with Crippen LogP contribution in [0, 0.1) is 4.77 Å². The maximum atomic E-state index is 11.6. The summed E-state index contributed by atoms with van der Waals surface area (Å²) in [6, 6.07) is 1.78. The van der Waals surface area contributed by atoms with E-state index in [-0.39, 0.29) is 17.5 Å². The number of rotatable bonds is 1. The summed E-state index contributed by atoms with van der Waals surface area (Å²) in [5.74, 6) is 0.370. The molecule has 1 saturated heterocycles. The molecule has 1 atom stereocenters. The number of sulfone groups is 1. The van der Waals surface area contributed by atoms with Gasteiger partial charge in [0, 0.05) is 10.7 Å². The van der Waals surface area contributed by atoms with Crippen molar-refractivity contribution in [3.05, 3.63) is 21.5 Å². The highest BCUT2D eigenvalue weighted by Crippen LogP contribution is 2.28. The third-order valence-electron chi connectivity index (χ3n) is 3.10. The van der Waals surface area contributed by atoms with Crippen LogP contribution in [0.15, 0.2) is 16.7 Å². The number of hydrogen-bond acceptors (Lipinski definition) is 4. The van der Waals surface area contributed by atoms with Gasteiger partial charge in [0.1, 0.15) is 0 Å². The molecule has 1 aliphatic rings. The Morgan fingerprint density at radius 1 is 1.56 bits per heavy atom. The van der Waals surface area contributed by atoms with Gasteiger partial charge in [-0.1, -0.05) is 0 Å². The Hall–Kier alpha value is -0.730. The highest BCUT2D eigenvalue weighted by molar-refractivity contribution is 9.10. The number of H-pyrrole nitrogens is 1. The summed E-state index contributed by atoms with van der Waals surface area (Å²) in [6.07, 6.45) is 2.28. The second-order valence-corrected chi connectivity index (χ2v) is 7.91. The van der Waals surface area contributed by atoms with Gasteiger partial charge in [0.25, 0.3) is 0 Å². The lowest BCUT2D eigenvalue weighted by atomic mass is 10.2. The lowest BCUT2D eigenvalue weighted by Gasteiger charge is -2.10. The average molecular weight is 348 g/mol. The molecule has 0 aliphatic carbocycles. The van der Waals surface area contributed by atoms with Crippen LogP contribution in [-0.2, 0) is 9.84 Å². The topological polar surface area (TPSA) is 67.8 Å². The van der Waals surface area contributed by atoms with Crippen molar-refractivity contribution in [3.63, 3.8) is 0 Å². The molecule has 1 aliphatic heterocycles. The first-order chi connectivity index (χ1) is 8.46. The predicted octanol–water partition coefficient (Wildman–Crippen LogP) is 2.22. The Bertz CT molecular complexity index is 778. The molecule has 8 heteroatoms. The zero-order chi connectivity index (χ0) is 12.9. The Morgan fingerprint density at radius 3 is 3.00 bits per heavy atom. The van der Waals surface area contributed by atoms with Gasteiger partial charge in [-0.05, 0) is 40.6 Å². The zero-order valence-electron chi connectivity index (χ0n) is 9.26. The molecular weight excluding hydrogens is 338 g/mol. The monoisotopic (exact) mass is 347 g/mol. The second kappa shape index (κ2) is 4.14. The van der Waals surface area contributed by atoms with Crippen molar-refractivity contribution in [2.24, 2.45) is 0 Å². The number of hydrogen-bond donors (Lipinski definition) is 1. The van der Waals surface area contributed by atoms with Gasteiger partial charge >= 0.3 is 0 Å². The maximum Gasteiger partial charge on any atom is 0.179 e. The van der Waals surface area contributed by atoms with Crippen molar-refractivity contribution in [2.75, 3.05) is 11.5 Å². The van der Waals surface area contributed by atoms with Crippen LogP contribution in [0.25, 0.3) is 11.2 Å². The molecule has 2 aromatic rings. The molecule has 2 aromatic heterocycles. The summed E-state index contributed by atoms with van der Waals surface area (Å²) < 4.78 is 26.3. The summed E-state index contributed by atoms with van der Waals surface area (Å²) in [6.45, 7) is 0. The first-order valence-electron chi connectivity index (χ1n) is 5.42. The van der Waals surface area contributed by atoms with Gasteiger partial charge in [0.2, 0.25) is 0 Å². The van der Waals surface area contributed by atoms with E-state index in [1.54, 1.807) is 6.20 Å². The number of imidazole rings is 1.